The van der Waals surface area contributed by atoms with E-state index >= 15 is 0 Å². The Hall–Kier alpha value is -1.55. The van der Waals surface area contributed by atoms with Gasteiger partial charge in [-0.1, -0.05) is 26.0 Å². The molecule has 4 heteroatoms. The van der Waals surface area contributed by atoms with E-state index in [2.05, 4.69) is 24.5 Å². The number of nitrogens with one attached hydrogen (secondary N) is 2. The van der Waals surface area contributed by atoms with Crippen molar-refractivity contribution in [2.75, 3.05) is 19.7 Å². The molecule has 1 aromatic rings. The summed E-state index contributed by atoms with van der Waals surface area (Å²) in [4.78, 5) is 11.9. The quantitative estimate of drug-likeness (QED) is 0.861. The second-order valence-corrected chi connectivity index (χ2v) is 5.43. The third-order valence-corrected chi connectivity index (χ3v) is 3.83. The van der Waals surface area contributed by atoms with Gasteiger partial charge in [0.15, 0.2) is 6.61 Å². The number of carbonyl (C=O) groups excluding carboxylic acids is 1. The molecule has 1 amide bonds. The van der Waals surface area contributed by atoms with Crippen LogP contribution in [0.1, 0.15) is 25.8 Å². The molecule has 2 rings (SSSR count). The van der Waals surface area contributed by atoms with Crippen LogP contribution in [0.2, 0.25) is 0 Å². The van der Waals surface area contributed by atoms with Crippen LogP contribution in [0.5, 0.6) is 5.75 Å². The van der Waals surface area contributed by atoms with E-state index < -0.39 is 0 Å². The van der Waals surface area contributed by atoms with Crippen LogP contribution in [0, 0.1) is 5.92 Å². The van der Waals surface area contributed by atoms with E-state index in [4.69, 9.17) is 4.74 Å². The summed E-state index contributed by atoms with van der Waals surface area (Å²) >= 11 is 0. The fraction of sp³-hybridized carbons (Fsp3) is 0.562. The van der Waals surface area contributed by atoms with Gasteiger partial charge in [0.25, 0.3) is 5.91 Å². The van der Waals surface area contributed by atoms with E-state index in [9.17, 15) is 4.79 Å². The van der Waals surface area contributed by atoms with Gasteiger partial charge in [0.2, 0.25) is 0 Å². The van der Waals surface area contributed by atoms with Crippen LogP contribution in [0.4, 0.5) is 0 Å². The molecule has 20 heavy (non-hydrogen) atoms. The van der Waals surface area contributed by atoms with Crippen molar-refractivity contribution in [1.29, 1.82) is 0 Å². The van der Waals surface area contributed by atoms with Crippen molar-refractivity contribution in [2.24, 2.45) is 5.92 Å². The summed E-state index contributed by atoms with van der Waals surface area (Å²) < 4.78 is 5.52. The Labute approximate surface area is 120 Å². The third-order valence-electron chi connectivity index (χ3n) is 3.83. The van der Waals surface area contributed by atoms with Gasteiger partial charge in [-0.15, -0.1) is 0 Å². The minimum Gasteiger partial charge on any atom is -0.484 e. The van der Waals surface area contributed by atoms with Crippen molar-refractivity contribution in [2.45, 2.75) is 32.7 Å². The highest BCUT2D eigenvalue weighted by atomic mass is 16.5. The fourth-order valence-electron chi connectivity index (χ4n) is 2.45. The number of amides is 1. The van der Waals surface area contributed by atoms with Crippen LogP contribution in [-0.2, 0) is 11.2 Å². The van der Waals surface area contributed by atoms with Gasteiger partial charge in [-0.2, -0.15) is 0 Å². The molecule has 1 aliphatic rings. The number of benzene rings is 1. The summed E-state index contributed by atoms with van der Waals surface area (Å²) in [7, 11) is 0. The van der Waals surface area contributed by atoms with Crippen molar-refractivity contribution in [3.63, 3.8) is 0 Å². The zero-order valence-electron chi connectivity index (χ0n) is 12.3. The maximum Gasteiger partial charge on any atom is 0.258 e. The first kappa shape index (κ1) is 14.9. The topological polar surface area (TPSA) is 50.4 Å². The van der Waals surface area contributed by atoms with Crippen molar-refractivity contribution in [3.05, 3.63) is 29.8 Å². The molecule has 4 nitrogen and oxygen atoms in total. The number of piperidine rings is 1. The second-order valence-electron chi connectivity index (χ2n) is 5.43. The predicted molar refractivity (Wildman–Crippen MR) is 79.9 cm³/mol. The average molecular weight is 276 g/mol. The average Bonchev–Trinajstić information content (AvgIpc) is 2.48. The minimum absolute atomic E-state index is 0.0386. The first-order chi connectivity index (χ1) is 9.69. The first-order valence-corrected chi connectivity index (χ1v) is 7.41. The maximum absolute atomic E-state index is 11.9. The molecule has 1 fully saturated rings. The minimum atomic E-state index is -0.0386. The Balaban J connectivity index is 1.76. The van der Waals surface area contributed by atoms with E-state index in [-0.39, 0.29) is 18.6 Å². The molecular weight excluding hydrogens is 252 g/mol. The van der Waals surface area contributed by atoms with Crippen LogP contribution >= 0.6 is 0 Å². The van der Waals surface area contributed by atoms with Crippen LogP contribution in [0.3, 0.4) is 0 Å². The third kappa shape index (κ3) is 4.23. The van der Waals surface area contributed by atoms with Gasteiger partial charge in [0.1, 0.15) is 5.75 Å². The molecule has 110 valence electrons. The van der Waals surface area contributed by atoms with Crippen molar-refractivity contribution >= 4 is 5.91 Å². The smallest absolute Gasteiger partial charge is 0.258 e. The second kappa shape index (κ2) is 7.29. The van der Waals surface area contributed by atoms with Gasteiger partial charge in [-0.05, 0) is 49.5 Å². The van der Waals surface area contributed by atoms with Gasteiger partial charge in [0.05, 0.1) is 0 Å². The summed E-state index contributed by atoms with van der Waals surface area (Å²) in [6.07, 6.45) is 1.99. The van der Waals surface area contributed by atoms with E-state index in [1.807, 2.05) is 24.3 Å². The van der Waals surface area contributed by atoms with Gasteiger partial charge in [0, 0.05) is 6.04 Å². The number of rotatable bonds is 5. The van der Waals surface area contributed by atoms with Gasteiger partial charge < -0.3 is 15.4 Å². The SMILES string of the molecule is CCc1ccc(OCC(=O)NC2CCNCC2C)cc1. The highest BCUT2D eigenvalue weighted by Crippen LogP contribution is 2.13. The van der Waals surface area contributed by atoms with Gasteiger partial charge in [-0.3, -0.25) is 4.79 Å². The lowest BCUT2D eigenvalue weighted by Gasteiger charge is -2.30. The largest absolute Gasteiger partial charge is 0.484 e. The number of ether oxygens (including phenoxy) is 1. The molecule has 0 radical (unpaired) electrons. The molecule has 0 aliphatic carbocycles. The van der Waals surface area contributed by atoms with Crippen molar-refractivity contribution in [3.8, 4) is 5.75 Å². The Morgan fingerprint density at radius 1 is 1.40 bits per heavy atom. The summed E-state index contributed by atoms with van der Waals surface area (Å²) in [5.41, 5.74) is 1.27. The normalized spacial score (nSPS) is 22.3. The molecule has 1 aliphatic heterocycles. The van der Waals surface area contributed by atoms with E-state index in [0.717, 1.165) is 31.7 Å². The molecule has 1 saturated heterocycles. The van der Waals surface area contributed by atoms with Crippen molar-refractivity contribution in [1.82, 2.24) is 10.6 Å². The zero-order chi connectivity index (χ0) is 14.4. The predicted octanol–water partition coefficient (Wildman–Crippen LogP) is 1.74. The summed E-state index contributed by atoms with van der Waals surface area (Å²) in [5, 5.41) is 6.38. The molecule has 0 aromatic heterocycles. The number of aryl methyl sites for hydroxylation is 1. The molecule has 0 saturated carbocycles. The molecule has 1 aromatic carbocycles. The van der Waals surface area contributed by atoms with Crippen LogP contribution in [0.15, 0.2) is 24.3 Å². The lowest BCUT2D eigenvalue weighted by molar-refractivity contribution is -0.124. The van der Waals surface area contributed by atoms with Crippen LogP contribution in [-0.4, -0.2) is 31.6 Å². The Morgan fingerprint density at radius 3 is 2.80 bits per heavy atom. The number of hydrogen-bond acceptors (Lipinski definition) is 3. The summed E-state index contributed by atoms with van der Waals surface area (Å²) in [6.45, 7) is 6.28. The Bertz CT molecular complexity index is 431. The first-order valence-electron chi connectivity index (χ1n) is 7.41. The van der Waals surface area contributed by atoms with Crippen LogP contribution < -0.4 is 15.4 Å². The summed E-state index contributed by atoms with van der Waals surface area (Å²) in [5.74, 6) is 1.18. The molecular formula is C16H24N2O2. The van der Waals surface area contributed by atoms with E-state index in [1.165, 1.54) is 5.56 Å². The number of hydrogen-bond donors (Lipinski definition) is 2. The number of carbonyl (C=O) groups is 1. The molecule has 0 spiro atoms. The van der Waals surface area contributed by atoms with E-state index in [0.29, 0.717) is 5.92 Å². The summed E-state index contributed by atoms with van der Waals surface area (Å²) in [6, 6.07) is 8.15. The molecule has 0 bridgehead atoms. The molecule has 2 unspecified atom stereocenters. The Morgan fingerprint density at radius 2 is 2.15 bits per heavy atom. The molecule has 1 heterocycles. The fourth-order valence-corrected chi connectivity index (χ4v) is 2.45. The van der Waals surface area contributed by atoms with E-state index in [1.54, 1.807) is 0 Å². The zero-order valence-corrected chi connectivity index (χ0v) is 12.3. The molecule has 2 atom stereocenters. The Kier molecular flexibility index (Phi) is 5.41. The van der Waals surface area contributed by atoms with Crippen molar-refractivity contribution < 1.29 is 9.53 Å². The van der Waals surface area contributed by atoms with Gasteiger partial charge in [-0.25, -0.2) is 0 Å². The standard InChI is InChI=1S/C16H24N2O2/c1-3-13-4-6-14(7-5-13)20-11-16(19)18-15-8-9-17-10-12(15)2/h4-7,12,15,17H,3,8-11H2,1-2H3,(H,18,19). The highest BCUT2D eigenvalue weighted by Gasteiger charge is 2.22. The lowest BCUT2D eigenvalue weighted by Crippen LogP contribution is -2.49. The highest BCUT2D eigenvalue weighted by molar-refractivity contribution is 5.77. The lowest BCUT2D eigenvalue weighted by atomic mass is 9.95. The maximum atomic E-state index is 11.9. The molecule has 2 N–H and O–H groups in total. The van der Waals surface area contributed by atoms with Gasteiger partial charge >= 0.3 is 0 Å². The monoisotopic (exact) mass is 276 g/mol. The van der Waals surface area contributed by atoms with Crippen LogP contribution in [0.25, 0.3) is 0 Å².